The van der Waals surface area contributed by atoms with Gasteiger partial charge in [-0.3, -0.25) is 9.69 Å². The molecule has 4 nitrogen and oxygen atoms in total. The maximum absolute atomic E-state index is 12.0. The second-order valence-electron chi connectivity index (χ2n) is 6.72. The summed E-state index contributed by atoms with van der Waals surface area (Å²) < 4.78 is 0. The molecule has 0 unspecified atom stereocenters. The van der Waals surface area contributed by atoms with Gasteiger partial charge in [0.1, 0.15) is 0 Å². The van der Waals surface area contributed by atoms with Crippen LogP contribution in [0.5, 0.6) is 0 Å². The number of hydrogen-bond donors (Lipinski definition) is 2. The average Bonchev–Trinajstić information content (AvgIpc) is 2.46. The number of nitrogens with zero attached hydrogens (tertiary/aromatic N) is 1. The predicted octanol–water partition coefficient (Wildman–Crippen LogP) is 2.63. The van der Waals surface area contributed by atoms with Crippen molar-refractivity contribution in [3.05, 3.63) is 29.8 Å². The fraction of sp³-hybridized carbons (Fsp3) is 0.611. The lowest BCUT2D eigenvalue weighted by atomic mass is 9.85. The zero-order chi connectivity index (χ0) is 15.4. The number of benzene rings is 1. The topological polar surface area (TPSA) is 52.6 Å². The second kappa shape index (κ2) is 7.25. The predicted molar refractivity (Wildman–Crippen MR) is 87.5 cm³/mol. The first-order chi connectivity index (χ1) is 10.7. The van der Waals surface area contributed by atoms with Gasteiger partial charge in [0.2, 0.25) is 5.91 Å². The SMILES string of the molecule is O=C(Nc1cccc(CN2CCC(CO)CC2)c1)C1CCC1. The Balaban J connectivity index is 1.53. The Labute approximate surface area is 132 Å². The number of hydrogen-bond acceptors (Lipinski definition) is 3. The van der Waals surface area contributed by atoms with Gasteiger partial charge < -0.3 is 10.4 Å². The maximum Gasteiger partial charge on any atom is 0.227 e. The number of piperidine rings is 1. The van der Waals surface area contributed by atoms with E-state index in [1.165, 1.54) is 12.0 Å². The molecule has 4 heteroatoms. The van der Waals surface area contributed by atoms with Crippen molar-refractivity contribution in [1.82, 2.24) is 4.90 Å². The van der Waals surface area contributed by atoms with Crippen LogP contribution in [0.2, 0.25) is 0 Å². The minimum Gasteiger partial charge on any atom is -0.396 e. The van der Waals surface area contributed by atoms with Crippen LogP contribution in [0.4, 0.5) is 5.69 Å². The fourth-order valence-electron chi connectivity index (χ4n) is 3.25. The van der Waals surface area contributed by atoms with Gasteiger partial charge >= 0.3 is 0 Å². The number of aliphatic hydroxyl groups excluding tert-OH is 1. The average molecular weight is 302 g/mol. The minimum absolute atomic E-state index is 0.173. The highest BCUT2D eigenvalue weighted by atomic mass is 16.3. The number of carbonyl (C=O) groups excluding carboxylic acids is 1. The molecule has 0 atom stereocenters. The molecule has 120 valence electrons. The highest BCUT2D eigenvalue weighted by molar-refractivity contribution is 5.93. The van der Waals surface area contributed by atoms with Crippen LogP contribution < -0.4 is 5.32 Å². The van der Waals surface area contributed by atoms with Crippen molar-refractivity contribution in [1.29, 1.82) is 0 Å². The van der Waals surface area contributed by atoms with Gasteiger partial charge in [-0.05, 0) is 62.4 Å². The summed E-state index contributed by atoms with van der Waals surface area (Å²) >= 11 is 0. The summed E-state index contributed by atoms with van der Waals surface area (Å²) in [6.45, 7) is 3.33. The lowest BCUT2D eigenvalue weighted by Crippen LogP contribution is -2.34. The molecule has 0 radical (unpaired) electrons. The molecule has 2 fully saturated rings. The number of aliphatic hydroxyl groups is 1. The molecule has 3 rings (SSSR count). The molecular formula is C18H26N2O2. The van der Waals surface area contributed by atoms with Crippen LogP contribution in [-0.4, -0.2) is 35.6 Å². The third kappa shape index (κ3) is 3.87. The van der Waals surface area contributed by atoms with E-state index in [2.05, 4.69) is 22.3 Å². The molecule has 22 heavy (non-hydrogen) atoms. The standard InChI is InChI=1S/C18H26N2O2/c21-13-14-7-9-20(10-8-14)12-15-3-1-6-17(11-15)19-18(22)16-4-2-5-16/h1,3,6,11,14,16,21H,2,4-5,7-10,12-13H2,(H,19,22). The van der Waals surface area contributed by atoms with Crippen molar-refractivity contribution in [2.45, 2.75) is 38.6 Å². The third-order valence-corrected chi connectivity index (χ3v) is 5.04. The van der Waals surface area contributed by atoms with Gasteiger partial charge in [-0.15, -0.1) is 0 Å². The van der Waals surface area contributed by atoms with E-state index in [0.29, 0.717) is 12.5 Å². The summed E-state index contributed by atoms with van der Waals surface area (Å²) in [6.07, 6.45) is 5.40. The zero-order valence-corrected chi connectivity index (χ0v) is 13.1. The van der Waals surface area contributed by atoms with Crippen LogP contribution in [0.1, 0.15) is 37.7 Å². The van der Waals surface area contributed by atoms with Crippen molar-refractivity contribution in [3.8, 4) is 0 Å². The molecule has 1 saturated carbocycles. The van der Waals surface area contributed by atoms with Crippen molar-refractivity contribution in [2.24, 2.45) is 11.8 Å². The van der Waals surface area contributed by atoms with Gasteiger partial charge in [0.15, 0.2) is 0 Å². The van der Waals surface area contributed by atoms with Crippen LogP contribution in [0.15, 0.2) is 24.3 Å². The molecule has 1 aromatic rings. The van der Waals surface area contributed by atoms with Crippen LogP contribution in [0, 0.1) is 11.8 Å². The molecule has 2 N–H and O–H groups in total. The van der Waals surface area contributed by atoms with Crippen molar-refractivity contribution in [2.75, 3.05) is 25.0 Å². The first-order valence-corrected chi connectivity index (χ1v) is 8.47. The van der Waals surface area contributed by atoms with E-state index in [1.807, 2.05) is 12.1 Å². The lowest BCUT2D eigenvalue weighted by Gasteiger charge is -2.31. The summed E-state index contributed by atoms with van der Waals surface area (Å²) in [6, 6.07) is 8.20. The van der Waals surface area contributed by atoms with Gasteiger partial charge in [-0.1, -0.05) is 18.6 Å². The second-order valence-corrected chi connectivity index (χ2v) is 6.72. The Morgan fingerprint density at radius 2 is 2.00 bits per heavy atom. The highest BCUT2D eigenvalue weighted by Gasteiger charge is 2.25. The Bertz CT molecular complexity index is 506. The Hall–Kier alpha value is -1.39. The summed E-state index contributed by atoms with van der Waals surface area (Å²) in [5.41, 5.74) is 2.16. The maximum atomic E-state index is 12.0. The summed E-state index contributed by atoms with van der Waals surface area (Å²) in [4.78, 5) is 14.4. The van der Waals surface area contributed by atoms with E-state index in [9.17, 15) is 9.90 Å². The van der Waals surface area contributed by atoms with Gasteiger partial charge in [0.25, 0.3) is 0 Å². The highest BCUT2D eigenvalue weighted by Crippen LogP contribution is 2.28. The Morgan fingerprint density at radius 3 is 2.64 bits per heavy atom. The molecule has 1 amide bonds. The van der Waals surface area contributed by atoms with Gasteiger partial charge in [-0.2, -0.15) is 0 Å². The largest absolute Gasteiger partial charge is 0.396 e. The molecule has 1 aliphatic heterocycles. The number of carbonyl (C=O) groups is 1. The molecule has 0 spiro atoms. The molecule has 0 bridgehead atoms. The summed E-state index contributed by atoms with van der Waals surface area (Å²) in [5.74, 6) is 0.873. The van der Waals surface area contributed by atoms with Crippen LogP contribution in [-0.2, 0) is 11.3 Å². The molecule has 1 heterocycles. The zero-order valence-electron chi connectivity index (χ0n) is 13.1. The first kappa shape index (κ1) is 15.5. The normalized spacial score (nSPS) is 20.6. The minimum atomic E-state index is 0.173. The van der Waals surface area contributed by atoms with E-state index in [0.717, 1.165) is 51.0 Å². The molecule has 1 saturated heterocycles. The number of anilines is 1. The van der Waals surface area contributed by atoms with Crippen molar-refractivity contribution < 1.29 is 9.90 Å². The Kier molecular flexibility index (Phi) is 5.11. The number of likely N-dealkylation sites (tertiary alicyclic amines) is 1. The molecule has 1 aromatic carbocycles. The van der Waals surface area contributed by atoms with Crippen molar-refractivity contribution >= 4 is 11.6 Å². The molecule has 2 aliphatic rings. The smallest absolute Gasteiger partial charge is 0.227 e. The number of nitrogens with one attached hydrogen (secondary N) is 1. The van der Waals surface area contributed by atoms with Gasteiger partial charge in [0, 0.05) is 24.8 Å². The quantitative estimate of drug-likeness (QED) is 0.879. The Morgan fingerprint density at radius 1 is 1.23 bits per heavy atom. The van der Waals surface area contributed by atoms with Crippen molar-refractivity contribution in [3.63, 3.8) is 0 Å². The fourth-order valence-corrected chi connectivity index (χ4v) is 3.25. The van der Waals surface area contributed by atoms with Gasteiger partial charge in [0.05, 0.1) is 0 Å². The molecule has 1 aliphatic carbocycles. The number of rotatable bonds is 5. The van der Waals surface area contributed by atoms with E-state index in [-0.39, 0.29) is 11.8 Å². The monoisotopic (exact) mass is 302 g/mol. The lowest BCUT2D eigenvalue weighted by molar-refractivity contribution is -0.122. The summed E-state index contributed by atoms with van der Waals surface area (Å²) in [7, 11) is 0. The number of amides is 1. The van der Waals surface area contributed by atoms with Crippen LogP contribution in [0.3, 0.4) is 0 Å². The van der Waals surface area contributed by atoms with E-state index in [4.69, 9.17) is 0 Å². The molecule has 0 aromatic heterocycles. The van der Waals surface area contributed by atoms with E-state index >= 15 is 0 Å². The van der Waals surface area contributed by atoms with Crippen LogP contribution in [0.25, 0.3) is 0 Å². The van der Waals surface area contributed by atoms with Crippen LogP contribution >= 0.6 is 0 Å². The van der Waals surface area contributed by atoms with E-state index in [1.54, 1.807) is 0 Å². The third-order valence-electron chi connectivity index (χ3n) is 5.04. The van der Waals surface area contributed by atoms with E-state index < -0.39 is 0 Å². The first-order valence-electron chi connectivity index (χ1n) is 8.47. The van der Waals surface area contributed by atoms with Gasteiger partial charge in [-0.25, -0.2) is 0 Å². The molecular weight excluding hydrogens is 276 g/mol. The summed E-state index contributed by atoms with van der Waals surface area (Å²) in [5, 5.41) is 12.2.